The van der Waals surface area contributed by atoms with Gasteiger partial charge in [0.1, 0.15) is 0 Å². The maximum Gasteiger partial charge on any atom is 0 e. The molecule has 0 heterocycles. The maximum atomic E-state index is 2.99. The fourth-order valence-electron chi connectivity index (χ4n) is 0.340. The van der Waals surface area contributed by atoms with E-state index in [1.165, 1.54) is 0 Å². The average Bonchev–Trinajstić information content (AvgIpc) is 1.76. The van der Waals surface area contributed by atoms with E-state index in [2.05, 4.69) is 12.2 Å². The SMILES string of the molecule is Cl.Cl.[C-]1=CC=CC1.[CH3-].[CH3-].[CH3-].[CH3-].[CH3-].[Rh]. The molecule has 1 aliphatic rings. The molecule has 0 saturated carbocycles. The summed E-state index contributed by atoms with van der Waals surface area (Å²) in [5.41, 5.74) is 0. The first kappa shape index (κ1) is 68.1. The Hall–Kier alpha value is 0.683. The summed E-state index contributed by atoms with van der Waals surface area (Å²) < 4.78 is 0. The van der Waals surface area contributed by atoms with Crippen LogP contribution in [0.25, 0.3) is 0 Å². The summed E-state index contributed by atoms with van der Waals surface area (Å²) in [6.45, 7) is 0. The minimum atomic E-state index is 0. The van der Waals surface area contributed by atoms with Crippen LogP contribution in [0.1, 0.15) is 6.42 Å². The summed E-state index contributed by atoms with van der Waals surface area (Å²) in [4.78, 5) is 0. The molecule has 91 valence electrons. The van der Waals surface area contributed by atoms with E-state index >= 15 is 0 Å². The number of hydrogen-bond acceptors (Lipinski definition) is 0. The van der Waals surface area contributed by atoms with E-state index in [0.29, 0.717) is 0 Å². The van der Waals surface area contributed by atoms with Crippen molar-refractivity contribution in [1.82, 2.24) is 0 Å². The second kappa shape index (κ2) is 53.6. The molecule has 0 nitrogen and oxygen atoms in total. The average molecular weight is 316 g/mol. The van der Waals surface area contributed by atoms with Gasteiger partial charge in [0.05, 0.1) is 0 Å². The molecule has 0 N–H and O–H groups in total. The van der Waals surface area contributed by atoms with Crippen molar-refractivity contribution >= 4 is 24.8 Å². The summed E-state index contributed by atoms with van der Waals surface area (Å²) in [5, 5.41) is 0. The Morgan fingerprint density at radius 1 is 0.846 bits per heavy atom. The van der Waals surface area contributed by atoms with Gasteiger partial charge in [0, 0.05) is 19.5 Å². The Kier molecular flexibility index (Phi) is 281. The van der Waals surface area contributed by atoms with Crippen LogP contribution in [0.2, 0.25) is 0 Å². The molecule has 0 aromatic heterocycles. The van der Waals surface area contributed by atoms with Crippen LogP contribution < -0.4 is 0 Å². The molecule has 0 spiro atoms. The molecule has 1 aliphatic carbocycles. The molecule has 0 aliphatic heterocycles. The smallest absolute Gasteiger partial charge is 0 e. The summed E-state index contributed by atoms with van der Waals surface area (Å²) in [6, 6.07) is 0. The zero-order valence-corrected chi connectivity index (χ0v) is 12.4. The van der Waals surface area contributed by atoms with E-state index in [0.717, 1.165) is 6.42 Å². The summed E-state index contributed by atoms with van der Waals surface area (Å²) in [5.74, 6) is 0. The third-order valence-electron chi connectivity index (χ3n) is 0.586. The number of hydrogen-bond donors (Lipinski definition) is 0. The molecule has 0 atom stereocenters. The van der Waals surface area contributed by atoms with Gasteiger partial charge in [0.15, 0.2) is 0 Å². The Bertz CT molecular complexity index is 71.0. The van der Waals surface area contributed by atoms with Gasteiger partial charge in [0.25, 0.3) is 0 Å². The van der Waals surface area contributed by atoms with Crippen molar-refractivity contribution < 1.29 is 19.5 Å². The first-order chi connectivity index (χ1) is 2.50. The molecule has 13 heavy (non-hydrogen) atoms. The first-order valence-electron chi connectivity index (χ1n) is 1.72. The van der Waals surface area contributed by atoms with Gasteiger partial charge >= 0.3 is 0 Å². The van der Waals surface area contributed by atoms with Gasteiger partial charge in [-0.15, -0.1) is 31.2 Å². The van der Waals surface area contributed by atoms with Crippen molar-refractivity contribution in [2.75, 3.05) is 0 Å². The second-order valence-corrected chi connectivity index (χ2v) is 1.00. The van der Waals surface area contributed by atoms with Crippen molar-refractivity contribution in [3.63, 3.8) is 0 Å². The van der Waals surface area contributed by atoms with Gasteiger partial charge in [-0.3, -0.25) is 6.08 Å². The van der Waals surface area contributed by atoms with Crippen LogP contribution in [0.3, 0.4) is 0 Å². The largest absolute Gasteiger partial charge is 0.358 e. The Labute approximate surface area is 112 Å². The van der Waals surface area contributed by atoms with Crippen molar-refractivity contribution in [1.29, 1.82) is 0 Å². The van der Waals surface area contributed by atoms with E-state index in [1.807, 2.05) is 12.2 Å². The van der Waals surface area contributed by atoms with Gasteiger partial charge in [-0.05, 0) is 0 Å². The first-order valence-corrected chi connectivity index (χ1v) is 1.72. The summed E-state index contributed by atoms with van der Waals surface area (Å²) in [7, 11) is 0. The predicted molar refractivity (Wildman–Crippen MR) is 68.1 cm³/mol. The molecule has 0 fully saturated rings. The number of halogens is 2. The quantitative estimate of drug-likeness (QED) is 0.459. The fraction of sp³-hybridized carbons (Fsp3) is 0.100. The molecule has 3 heteroatoms. The molecular weight excluding hydrogens is 294 g/mol. The molecule has 0 saturated heterocycles. The van der Waals surface area contributed by atoms with Crippen LogP contribution in [0, 0.1) is 43.2 Å². The van der Waals surface area contributed by atoms with E-state index in [-0.39, 0.29) is 81.4 Å². The number of allylic oxidation sites excluding steroid dienone is 4. The number of rotatable bonds is 0. The summed E-state index contributed by atoms with van der Waals surface area (Å²) in [6.07, 6.45) is 10.0. The molecule has 0 amide bonds. The monoisotopic (exact) mass is 315 g/mol. The maximum absolute atomic E-state index is 2.99. The molecule has 0 aromatic carbocycles. The zero-order valence-electron chi connectivity index (χ0n) is 9.09. The van der Waals surface area contributed by atoms with Crippen LogP contribution in [-0.2, 0) is 19.5 Å². The third kappa shape index (κ3) is 44.8. The van der Waals surface area contributed by atoms with Gasteiger partial charge in [-0.1, -0.05) is 0 Å². The molecule has 0 bridgehead atoms. The molecule has 0 unspecified atom stereocenters. The molecule has 1 rings (SSSR count). The predicted octanol–water partition coefficient (Wildman–Crippen LogP) is 4.40. The van der Waals surface area contributed by atoms with Crippen LogP contribution in [-0.4, -0.2) is 0 Å². The Morgan fingerprint density at radius 2 is 1.23 bits per heavy atom. The van der Waals surface area contributed by atoms with Gasteiger partial charge in [0.2, 0.25) is 0 Å². The van der Waals surface area contributed by atoms with Gasteiger partial charge in [-0.25, -0.2) is 12.2 Å². The third-order valence-corrected chi connectivity index (χ3v) is 0.586. The van der Waals surface area contributed by atoms with E-state index in [9.17, 15) is 0 Å². The molecule has 1 radical (unpaired) electrons. The Balaban J connectivity index is -0.00000000521. The van der Waals surface area contributed by atoms with E-state index in [1.54, 1.807) is 0 Å². The van der Waals surface area contributed by atoms with Crippen molar-refractivity contribution in [2.24, 2.45) is 0 Å². The van der Waals surface area contributed by atoms with Crippen LogP contribution >= 0.6 is 24.8 Å². The van der Waals surface area contributed by atoms with Crippen molar-refractivity contribution in [3.05, 3.63) is 61.4 Å². The molecule has 0 aromatic rings. The standard InChI is InChI=1S/C5H5.5CH3.2ClH.Rh/c1-2-4-5-3-1;;;;;;;;/h1-3H,4H2;5*1H3;2*1H;/q6*-1;;;. The minimum absolute atomic E-state index is 0. The fourth-order valence-corrected chi connectivity index (χ4v) is 0.340. The zero-order chi connectivity index (χ0) is 3.54. The topological polar surface area (TPSA) is 0 Å². The normalized spacial score (nSPS) is 6.77. The van der Waals surface area contributed by atoms with E-state index < -0.39 is 0 Å². The van der Waals surface area contributed by atoms with Gasteiger partial charge in [-0.2, -0.15) is 6.08 Å². The molecular formula is C10H22Cl2Rh-6. The van der Waals surface area contributed by atoms with Crippen LogP contribution in [0.15, 0.2) is 18.2 Å². The van der Waals surface area contributed by atoms with E-state index in [4.69, 9.17) is 0 Å². The minimum Gasteiger partial charge on any atom is -0.358 e. The van der Waals surface area contributed by atoms with Crippen molar-refractivity contribution in [2.45, 2.75) is 6.42 Å². The second-order valence-electron chi connectivity index (χ2n) is 1.00. The summed E-state index contributed by atoms with van der Waals surface area (Å²) >= 11 is 0. The van der Waals surface area contributed by atoms with Gasteiger partial charge < -0.3 is 37.1 Å². The van der Waals surface area contributed by atoms with Crippen LogP contribution in [0.4, 0.5) is 0 Å². The van der Waals surface area contributed by atoms with Crippen molar-refractivity contribution in [3.8, 4) is 0 Å². The Morgan fingerprint density at radius 3 is 1.31 bits per heavy atom. The van der Waals surface area contributed by atoms with Crippen LogP contribution in [0.5, 0.6) is 0 Å².